The zero-order valence-corrected chi connectivity index (χ0v) is 11.3. The van der Waals surface area contributed by atoms with Crippen molar-refractivity contribution >= 4 is 21.8 Å². The molecule has 1 heterocycles. The van der Waals surface area contributed by atoms with Gasteiger partial charge in [-0.15, -0.1) is 5.10 Å². The third kappa shape index (κ3) is 2.03. The number of rotatable bonds is 4. The van der Waals surface area contributed by atoms with E-state index in [9.17, 15) is 0 Å². The largest absolute Gasteiger partial charge is 0.493 e. The fourth-order valence-corrected chi connectivity index (χ4v) is 2.33. The second kappa shape index (κ2) is 4.88. The molecule has 0 aliphatic heterocycles. The summed E-state index contributed by atoms with van der Waals surface area (Å²) in [5.41, 5.74) is 1.94. The van der Waals surface area contributed by atoms with Gasteiger partial charge in [0.2, 0.25) is 0 Å². The summed E-state index contributed by atoms with van der Waals surface area (Å²) < 4.78 is 7.71. The molecule has 3 aromatic rings. The van der Waals surface area contributed by atoms with Crippen molar-refractivity contribution in [1.29, 1.82) is 0 Å². The second-order valence-electron chi connectivity index (χ2n) is 4.70. The number of aromatic nitrogens is 3. The molecule has 19 heavy (non-hydrogen) atoms. The molecular weight excluding hydrogens is 238 g/mol. The van der Waals surface area contributed by atoms with Crippen LogP contribution in [0.15, 0.2) is 30.3 Å². The molecule has 4 heteroatoms. The quantitative estimate of drug-likeness (QED) is 0.671. The van der Waals surface area contributed by atoms with Crippen LogP contribution >= 0.6 is 0 Å². The molecule has 1 aromatic heterocycles. The van der Waals surface area contributed by atoms with Crippen LogP contribution in [0.25, 0.3) is 21.8 Å². The molecule has 0 unspecified atom stereocenters. The van der Waals surface area contributed by atoms with Crippen LogP contribution in [0.5, 0.6) is 5.75 Å². The first kappa shape index (κ1) is 12.0. The molecule has 0 spiro atoms. The van der Waals surface area contributed by atoms with Gasteiger partial charge in [-0.1, -0.05) is 42.8 Å². The molecular formula is C15H17N3O. The van der Waals surface area contributed by atoms with E-state index in [1.807, 2.05) is 29.9 Å². The first-order chi connectivity index (χ1) is 9.31. The summed E-state index contributed by atoms with van der Waals surface area (Å²) in [6.45, 7) is 2.90. The maximum atomic E-state index is 5.90. The number of hydrogen-bond acceptors (Lipinski definition) is 3. The predicted molar refractivity (Wildman–Crippen MR) is 76.4 cm³/mol. The lowest BCUT2D eigenvalue weighted by atomic mass is 10.1. The first-order valence-corrected chi connectivity index (χ1v) is 6.65. The minimum absolute atomic E-state index is 0.742. The van der Waals surface area contributed by atoms with E-state index in [0.29, 0.717) is 0 Å². The van der Waals surface area contributed by atoms with Gasteiger partial charge in [0.15, 0.2) is 0 Å². The zero-order chi connectivity index (χ0) is 13.2. The van der Waals surface area contributed by atoms with Crippen LogP contribution < -0.4 is 4.74 Å². The number of ether oxygens (including phenoxy) is 1. The van der Waals surface area contributed by atoms with E-state index in [4.69, 9.17) is 4.74 Å². The van der Waals surface area contributed by atoms with Crippen LogP contribution in [-0.2, 0) is 7.05 Å². The molecule has 0 radical (unpaired) electrons. The number of hydrogen-bond donors (Lipinski definition) is 0. The number of nitrogens with zero attached hydrogens (tertiary/aromatic N) is 3. The van der Waals surface area contributed by atoms with Gasteiger partial charge in [-0.2, -0.15) is 0 Å². The van der Waals surface area contributed by atoms with Gasteiger partial charge in [0.25, 0.3) is 0 Å². The van der Waals surface area contributed by atoms with Crippen molar-refractivity contribution in [3.63, 3.8) is 0 Å². The lowest BCUT2D eigenvalue weighted by molar-refractivity contribution is 0.313. The standard InChI is InChI=1S/C15H17N3O/c1-3-4-9-19-14-10-13-15(18(2)17-16-13)12-8-6-5-7-11(12)14/h5-8,10H,3-4,9H2,1-2H3. The van der Waals surface area contributed by atoms with E-state index >= 15 is 0 Å². The summed E-state index contributed by atoms with van der Waals surface area (Å²) in [6.07, 6.45) is 2.19. The van der Waals surface area contributed by atoms with Crippen molar-refractivity contribution < 1.29 is 4.74 Å². The van der Waals surface area contributed by atoms with Gasteiger partial charge < -0.3 is 4.74 Å². The molecule has 4 nitrogen and oxygen atoms in total. The van der Waals surface area contributed by atoms with Crippen molar-refractivity contribution in [2.24, 2.45) is 7.05 Å². The number of unbranched alkanes of at least 4 members (excludes halogenated alkanes) is 1. The number of benzene rings is 2. The van der Waals surface area contributed by atoms with Gasteiger partial charge in [0.05, 0.1) is 12.1 Å². The van der Waals surface area contributed by atoms with Gasteiger partial charge in [0.1, 0.15) is 11.3 Å². The molecule has 0 aliphatic carbocycles. The van der Waals surface area contributed by atoms with Crippen LogP contribution in [0.1, 0.15) is 19.8 Å². The van der Waals surface area contributed by atoms with Gasteiger partial charge >= 0.3 is 0 Å². The van der Waals surface area contributed by atoms with Crippen LogP contribution in [0.3, 0.4) is 0 Å². The van der Waals surface area contributed by atoms with E-state index in [1.165, 1.54) is 0 Å². The van der Waals surface area contributed by atoms with Gasteiger partial charge in [-0.05, 0) is 6.42 Å². The fourth-order valence-electron chi connectivity index (χ4n) is 2.33. The van der Waals surface area contributed by atoms with Crippen molar-refractivity contribution in [2.45, 2.75) is 19.8 Å². The van der Waals surface area contributed by atoms with Gasteiger partial charge in [-0.25, -0.2) is 4.68 Å². The molecule has 0 N–H and O–H groups in total. The number of fused-ring (bicyclic) bond motifs is 3. The minimum Gasteiger partial charge on any atom is -0.493 e. The van der Waals surface area contributed by atoms with E-state index in [2.05, 4.69) is 29.4 Å². The highest BCUT2D eigenvalue weighted by Crippen LogP contribution is 2.32. The Balaban J connectivity index is 2.19. The maximum Gasteiger partial charge on any atom is 0.129 e. The second-order valence-corrected chi connectivity index (χ2v) is 4.70. The first-order valence-electron chi connectivity index (χ1n) is 6.65. The Morgan fingerprint density at radius 2 is 2.00 bits per heavy atom. The smallest absolute Gasteiger partial charge is 0.129 e. The van der Waals surface area contributed by atoms with Crippen LogP contribution in [-0.4, -0.2) is 21.6 Å². The summed E-state index contributed by atoms with van der Waals surface area (Å²) in [4.78, 5) is 0. The third-order valence-electron chi connectivity index (χ3n) is 3.32. The zero-order valence-electron chi connectivity index (χ0n) is 11.3. The molecule has 0 amide bonds. The predicted octanol–water partition coefficient (Wildman–Crippen LogP) is 3.30. The molecule has 3 rings (SSSR count). The highest BCUT2D eigenvalue weighted by Gasteiger charge is 2.11. The topological polar surface area (TPSA) is 39.9 Å². The summed E-state index contributed by atoms with van der Waals surface area (Å²) in [5, 5.41) is 10.5. The summed E-state index contributed by atoms with van der Waals surface area (Å²) in [5.74, 6) is 0.900. The van der Waals surface area contributed by atoms with Crippen LogP contribution in [0.4, 0.5) is 0 Å². The molecule has 0 aliphatic rings. The highest BCUT2D eigenvalue weighted by atomic mass is 16.5. The van der Waals surface area contributed by atoms with E-state index in [-0.39, 0.29) is 0 Å². The van der Waals surface area contributed by atoms with Crippen LogP contribution in [0, 0.1) is 0 Å². The maximum absolute atomic E-state index is 5.90. The summed E-state index contributed by atoms with van der Waals surface area (Å²) in [6, 6.07) is 10.2. The normalized spacial score (nSPS) is 11.3. The highest BCUT2D eigenvalue weighted by molar-refractivity contribution is 6.07. The van der Waals surface area contributed by atoms with Gasteiger partial charge in [-0.3, -0.25) is 0 Å². The molecule has 98 valence electrons. The molecule has 0 fully saturated rings. The molecule has 0 saturated carbocycles. The molecule has 0 atom stereocenters. The molecule has 0 bridgehead atoms. The van der Waals surface area contributed by atoms with E-state index < -0.39 is 0 Å². The van der Waals surface area contributed by atoms with Crippen molar-refractivity contribution in [2.75, 3.05) is 6.61 Å². The van der Waals surface area contributed by atoms with Crippen molar-refractivity contribution in [1.82, 2.24) is 15.0 Å². The third-order valence-corrected chi connectivity index (χ3v) is 3.32. The number of aryl methyl sites for hydroxylation is 1. The average molecular weight is 255 g/mol. The lowest BCUT2D eigenvalue weighted by Gasteiger charge is -2.09. The Kier molecular flexibility index (Phi) is 3.07. The van der Waals surface area contributed by atoms with E-state index in [0.717, 1.165) is 47.0 Å². The SMILES string of the molecule is CCCCOc1cc2nnn(C)c2c2ccccc12. The summed E-state index contributed by atoms with van der Waals surface area (Å²) >= 11 is 0. The van der Waals surface area contributed by atoms with Crippen molar-refractivity contribution in [3.8, 4) is 5.75 Å². The summed E-state index contributed by atoms with van der Waals surface area (Å²) in [7, 11) is 1.92. The van der Waals surface area contributed by atoms with Crippen molar-refractivity contribution in [3.05, 3.63) is 30.3 Å². The Morgan fingerprint density at radius 3 is 2.79 bits per heavy atom. The van der Waals surface area contributed by atoms with E-state index in [1.54, 1.807) is 0 Å². The van der Waals surface area contributed by atoms with Crippen LogP contribution in [0.2, 0.25) is 0 Å². The fraction of sp³-hybridized carbons (Fsp3) is 0.333. The Hall–Kier alpha value is -2.10. The monoisotopic (exact) mass is 255 g/mol. The molecule has 2 aromatic carbocycles. The Morgan fingerprint density at radius 1 is 1.21 bits per heavy atom. The average Bonchev–Trinajstić information content (AvgIpc) is 2.81. The Labute approximate surface area is 112 Å². The minimum atomic E-state index is 0.742. The lowest BCUT2D eigenvalue weighted by Crippen LogP contribution is -1.98. The van der Waals surface area contributed by atoms with Gasteiger partial charge in [0, 0.05) is 23.9 Å². The molecule has 0 saturated heterocycles. The Bertz CT molecular complexity index is 718.